The number of carbonyl (C=O) groups excluding carboxylic acids is 2. The molecule has 2 rings (SSSR count). The summed E-state index contributed by atoms with van der Waals surface area (Å²) in [6.07, 6.45) is 1.33. The average Bonchev–Trinajstić information content (AvgIpc) is 2.65. The van der Waals surface area contributed by atoms with Crippen LogP contribution in [0.3, 0.4) is 0 Å². The van der Waals surface area contributed by atoms with Crippen molar-refractivity contribution < 1.29 is 24.2 Å². The molecule has 0 spiro atoms. The zero-order chi connectivity index (χ0) is 18.9. The van der Waals surface area contributed by atoms with E-state index in [9.17, 15) is 14.4 Å². The summed E-state index contributed by atoms with van der Waals surface area (Å²) in [7, 11) is 1.33. The summed E-state index contributed by atoms with van der Waals surface area (Å²) < 4.78 is 4.65. The highest BCUT2D eigenvalue weighted by Crippen LogP contribution is 2.14. The summed E-state index contributed by atoms with van der Waals surface area (Å²) in [5.41, 5.74) is 2.93. The number of anilines is 1. The molecular weight excluding hydrogens is 334 g/mol. The van der Waals surface area contributed by atoms with Crippen LogP contribution in [0.5, 0.6) is 0 Å². The molecule has 0 aliphatic rings. The highest BCUT2D eigenvalue weighted by Gasteiger charge is 2.07. The van der Waals surface area contributed by atoms with Crippen LogP contribution in [0.1, 0.15) is 34.3 Å². The topological polar surface area (TPSA) is 92.7 Å². The van der Waals surface area contributed by atoms with Crippen molar-refractivity contribution in [3.05, 3.63) is 65.2 Å². The van der Waals surface area contributed by atoms with Crippen molar-refractivity contribution in [2.24, 2.45) is 0 Å². The molecule has 2 N–H and O–H groups in total. The summed E-state index contributed by atoms with van der Waals surface area (Å²) in [5, 5.41) is 11.6. The first-order valence-corrected chi connectivity index (χ1v) is 8.26. The number of carbonyl (C=O) groups is 3. The van der Waals surface area contributed by atoms with Gasteiger partial charge >= 0.3 is 11.9 Å². The molecule has 0 aliphatic heterocycles. The summed E-state index contributed by atoms with van der Waals surface area (Å²) in [4.78, 5) is 34.1. The van der Waals surface area contributed by atoms with Gasteiger partial charge in [-0.1, -0.05) is 24.3 Å². The molecule has 2 aromatic rings. The van der Waals surface area contributed by atoms with Crippen molar-refractivity contribution in [3.63, 3.8) is 0 Å². The zero-order valence-electron chi connectivity index (χ0n) is 14.5. The lowest BCUT2D eigenvalue weighted by Gasteiger charge is -2.08. The molecule has 6 heteroatoms. The van der Waals surface area contributed by atoms with Gasteiger partial charge in [-0.25, -0.2) is 4.79 Å². The molecule has 6 nitrogen and oxygen atoms in total. The first-order valence-electron chi connectivity index (χ1n) is 8.26. The monoisotopic (exact) mass is 355 g/mol. The Bertz CT molecular complexity index is 783. The quantitative estimate of drug-likeness (QED) is 0.710. The second-order valence-corrected chi connectivity index (χ2v) is 5.83. The summed E-state index contributed by atoms with van der Waals surface area (Å²) in [6, 6.07) is 14.1. The van der Waals surface area contributed by atoms with Crippen LogP contribution in [0.25, 0.3) is 0 Å². The number of hydrogen-bond donors (Lipinski definition) is 2. The summed E-state index contributed by atoms with van der Waals surface area (Å²) in [5.74, 6) is -1.37. The van der Waals surface area contributed by atoms with Crippen molar-refractivity contribution in [2.75, 3.05) is 12.4 Å². The van der Waals surface area contributed by atoms with Gasteiger partial charge in [0.1, 0.15) is 0 Å². The maximum absolute atomic E-state index is 12.1. The van der Waals surface area contributed by atoms with E-state index in [4.69, 9.17) is 5.11 Å². The van der Waals surface area contributed by atoms with Gasteiger partial charge < -0.3 is 15.2 Å². The zero-order valence-corrected chi connectivity index (χ0v) is 14.5. The maximum Gasteiger partial charge on any atom is 0.337 e. The number of carboxylic acids is 1. The Morgan fingerprint density at radius 1 is 0.962 bits per heavy atom. The number of aliphatic carboxylic acids is 1. The van der Waals surface area contributed by atoms with Crippen molar-refractivity contribution in [3.8, 4) is 0 Å². The maximum atomic E-state index is 12.1. The minimum absolute atomic E-state index is 0.0545. The minimum Gasteiger partial charge on any atom is -0.481 e. The number of benzene rings is 2. The Balaban J connectivity index is 1.86. The van der Waals surface area contributed by atoms with Gasteiger partial charge in [-0.3, -0.25) is 9.59 Å². The molecule has 0 saturated heterocycles. The van der Waals surface area contributed by atoms with E-state index in [1.165, 1.54) is 7.11 Å². The van der Waals surface area contributed by atoms with Crippen LogP contribution in [0, 0.1) is 0 Å². The lowest BCUT2D eigenvalue weighted by atomic mass is 10.1. The van der Waals surface area contributed by atoms with Crippen molar-refractivity contribution >= 4 is 23.5 Å². The van der Waals surface area contributed by atoms with Crippen molar-refractivity contribution in [1.82, 2.24) is 0 Å². The lowest BCUT2D eigenvalue weighted by Crippen LogP contribution is -2.12. The molecule has 0 bridgehead atoms. The first kappa shape index (κ1) is 19.2. The van der Waals surface area contributed by atoms with Crippen molar-refractivity contribution in [2.45, 2.75) is 25.7 Å². The number of hydrogen-bond acceptors (Lipinski definition) is 4. The van der Waals surface area contributed by atoms with Gasteiger partial charge in [-0.2, -0.15) is 0 Å². The Labute approximate surface area is 151 Å². The van der Waals surface area contributed by atoms with E-state index >= 15 is 0 Å². The number of nitrogens with one attached hydrogen (secondary N) is 1. The predicted molar refractivity (Wildman–Crippen MR) is 97.1 cm³/mol. The molecule has 0 radical (unpaired) electrons. The number of amides is 1. The SMILES string of the molecule is COC(=O)c1ccc(CCC(=O)Nc2cccc(CCC(=O)O)c2)cc1. The Morgan fingerprint density at radius 2 is 1.65 bits per heavy atom. The second kappa shape index (κ2) is 9.36. The van der Waals surface area contributed by atoms with Gasteiger partial charge in [0.2, 0.25) is 5.91 Å². The van der Waals surface area contributed by atoms with E-state index in [2.05, 4.69) is 10.1 Å². The fourth-order valence-corrected chi connectivity index (χ4v) is 2.46. The van der Waals surface area contributed by atoms with Gasteiger partial charge in [0, 0.05) is 18.5 Å². The van der Waals surface area contributed by atoms with E-state index in [0.717, 1.165) is 11.1 Å². The van der Waals surface area contributed by atoms with E-state index in [1.807, 2.05) is 6.07 Å². The first-order chi connectivity index (χ1) is 12.5. The van der Waals surface area contributed by atoms with Crippen molar-refractivity contribution in [1.29, 1.82) is 0 Å². The van der Waals surface area contributed by atoms with Gasteiger partial charge in [-0.15, -0.1) is 0 Å². The Kier molecular flexibility index (Phi) is 6.91. The number of methoxy groups -OCH3 is 1. The highest BCUT2D eigenvalue weighted by atomic mass is 16.5. The van der Waals surface area contributed by atoms with Gasteiger partial charge in [0.15, 0.2) is 0 Å². The molecule has 1 amide bonds. The molecule has 2 aromatic carbocycles. The second-order valence-electron chi connectivity index (χ2n) is 5.83. The Hall–Kier alpha value is -3.15. The van der Waals surface area contributed by atoms with E-state index in [1.54, 1.807) is 42.5 Å². The predicted octanol–water partition coefficient (Wildman–Crippen LogP) is 3.06. The third-order valence-corrected chi connectivity index (χ3v) is 3.85. The molecule has 0 fully saturated rings. The van der Waals surface area contributed by atoms with Crippen LogP contribution < -0.4 is 5.32 Å². The fourth-order valence-electron chi connectivity index (χ4n) is 2.46. The van der Waals surface area contributed by atoms with Crippen LogP contribution in [0.4, 0.5) is 5.69 Å². The minimum atomic E-state index is -0.849. The third kappa shape index (κ3) is 6.05. The fraction of sp³-hybridized carbons (Fsp3) is 0.250. The molecular formula is C20H21NO5. The normalized spacial score (nSPS) is 10.2. The van der Waals surface area contributed by atoms with E-state index in [0.29, 0.717) is 30.5 Å². The van der Waals surface area contributed by atoms with E-state index in [-0.39, 0.29) is 12.3 Å². The molecule has 0 saturated carbocycles. The molecule has 0 heterocycles. The van der Waals surface area contributed by atoms with Crippen LogP contribution in [0.15, 0.2) is 48.5 Å². The molecule has 0 aromatic heterocycles. The van der Waals surface area contributed by atoms with Gasteiger partial charge in [0.05, 0.1) is 12.7 Å². The number of carboxylic acid groups (broad SMARTS) is 1. The van der Waals surface area contributed by atoms with E-state index < -0.39 is 11.9 Å². The molecule has 26 heavy (non-hydrogen) atoms. The summed E-state index contributed by atoms with van der Waals surface area (Å²) >= 11 is 0. The number of aryl methyl sites for hydroxylation is 2. The van der Waals surface area contributed by atoms with Crippen LogP contribution in [-0.4, -0.2) is 30.1 Å². The molecule has 0 aliphatic carbocycles. The lowest BCUT2D eigenvalue weighted by molar-refractivity contribution is -0.137. The number of rotatable bonds is 8. The number of ether oxygens (including phenoxy) is 1. The number of esters is 1. The highest BCUT2D eigenvalue weighted by molar-refractivity contribution is 5.91. The standard InChI is InChI=1S/C20H21NO5/c1-26-20(25)16-9-5-14(6-10-16)7-11-18(22)21-17-4-2-3-15(13-17)8-12-19(23)24/h2-6,9-10,13H,7-8,11-12H2,1H3,(H,21,22)(H,23,24). The largest absolute Gasteiger partial charge is 0.481 e. The molecule has 136 valence electrons. The molecule has 0 unspecified atom stereocenters. The summed E-state index contributed by atoms with van der Waals surface area (Å²) in [6.45, 7) is 0. The average molecular weight is 355 g/mol. The Morgan fingerprint density at radius 3 is 2.31 bits per heavy atom. The smallest absolute Gasteiger partial charge is 0.337 e. The van der Waals surface area contributed by atoms with Crippen LogP contribution >= 0.6 is 0 Å². The third-order valence-electron chi connectivity index (χ3n) is 3.85. The van der Waals surface area contributed by atoms with Crippen LogP contribution in [-0.2, 0) is 27.2 Å². The van der Waals surface area contributed by atoms with Gasteiger partial charge in [-0.05, 0) is 48.2 Å². The van der Waals surface area contributed by atoms with Crippen LogP contribution in [0.2, 0.25) is 0 Å². The van der Waals surface area contributed by atoms with Gasteiger partial charge in [0.25, 0.3) is 0 Å². The molecule has 0 atom stereocenters.